The topological polar surface area (TPSA) is 226 Å². The van der Waals surface area contributed by atoms with Crippen molar-refractivity contribution in [2.75, 3.05) is 12.4 Å². The van der Waals surface area contributed by atoms with Gasteiger partial charge in [0.15, 0.2) is 5.78 Å². The first-order chi connectivity index (χ1) is 32.8. The Kier molecular flexibility index (Phi) is 17.9. The van der Waals surface area contributed by atoms with E-state index in [4.69, 9.17) is 4.74 Å². The highest BCUT2D eigenvalue weighted by molar-refractivity contribution is 5.98. The molecule has 2 heterocycles. The zero-order valence-electron chi connectivity index (χ0n) is 37.7. The second-order valence-corrected chi connectivity index (χ2v) is 16.7. The Morgan fingerprint density at radius 1 is 0.618 bits per heavy atom. The van der Waals surface area contributed by atoms with Gasteiger partial charge in [-0.3, -0.25) is 33.6 Å². The lowest BCUT2D eigenvalue weighted by atomic mass is 9.89. The number of fused-ring (bicyclic) bond motifs is 18. The number of aryl methyl sites for hydroxylation is 1. The number of carboxylic acid groups (broad SMARTS) is 1. The smallest absolute Gasteiger partial charge is 0.328 e. The Morgan fingerprint density at radius 2 is 1.16 bits per heavy atom. The number of carboxylic acids is 1. The van der Waals surface area contributed by atoms with Crippen molar-refractivity contribution < 1.29 is 48.2 Å². The third-order valence-corrected chi connectivity index (χ3v) is 11.6. The van der Waals surface area contributed by atoms with Gasteiger partial charge in [0.2, 0.25) is 29.5 Å². The first kappa shape index (κ1) is 49.5. The normalized spacial score (nSPS) is 18.9. The Hall–Kier alpha value is -7.94. The first-order valence-corrected chi connectivity index (χ1v) is 22.5. The highest BCUT2D eigenvalue weighted by Gasteiger charge is 2.34. The number of benzene rings is 5. The molecule has 0 aliphatic carbocycles. The van der Waals surface area contributed by atoms with E-state index < -0.39 is 90.2 Å². The lowest BCUT2D eigenvalue weighted by molar-refractivity contribution is -0.150. The minimum atomic E-state index is -1.56. The van der Waals surface area contributed by atoms with Crippen LogP contribution in [0, 0.1) is 5.92 Å². The summed E-state index contributed by atoms with van der Waals surface area (Å²) in [5.41, 5.74) is 5.13. The summed E-state index contributed by atoms with van der Waals surface area (Å²) in [6, 6.07) is 36.7. The van der Waals surface area contributed by atoms with Crippen molar-refractivity contribution in [2.24, 2.45) is 5.92 Å². The average molecular weight is 922 g/mol. The molecule has 0 saturated heterocycles. The molecule has 5 aromatic rings. The molecule has 0 saturated carbocycles. The number of esters is 1. The van der Waals surface area contributed by atoms with Crippen molar-refractivity contribution in [3.05, 3.63) is 162 Å². The van der Waals surface area contributed by atoms with Crippen molar-refractivity contribution in [2.45, 2.75) is 82.0 Å². The molecule has 0 fully saturated rings. The maximum atomic E-state index is 14.8. The number of methoxy groups -OCH3 is 1. The van der Waals surface area contributed by atoms with Gasteiger partial charge in [0, 0.05) is 37.3 Å². The average Bonchev–Trinajstić information content (AvgIpc) is 3.34. The van der Waals surface area contributed by atoms with Crippen molar-refractivity contribution in [1.29, 1.82) is 0 Å². The standard InChI is InChI=1S/C53H55N5O10/c1-68-53(67)45(33-49(62)63)58-50(64)40-29-36-19-24-41(25-20-36)54-47(60)27-28-48(61)55-42(26-21-34-11-5-2-6-12-34)51(65)57-44(31-37-17-22-39(23-18-37)38-15-9-4-10-16-38)52(66)56-43(46(59)32-40)30-35-13-7-3-8-14-35/h2-20,22-25,40,42-45H,21,26-33H2,1H3,(H,54,60)(H,55,61)(H,56,66)(H,57,65)(H,58,64)(H,62,63)/t40-,42-,43-,44+,45-/m1/s1. The van der Waals surface area contributed by atoms with Gasteiger partial charge in [0.05, 0.1) is 19.6 Å². The van der Waals surface area contributed by atoms with Gasteiger partial charge in [-0.15, -0.1) is 0 Å². The van der Waals surface area contributed by atoms with Gasteiger partial charge in [-0.1, -0.05) is 127 Å². The van der Waals surface area contributed by atoms with Crippen LogP contribution in [0.4, 0.5) is 5.69 Å². The largest absolute Gasteiger partial charge is 0.481 e. The van der Waals surface area contributed by atoms with Gasteiger partial charge in [0.25, 0.3) is 0 Å². The van der Waals surface area contributed by atoms with Gasteiger partial charge in [0.1, 0.15) is 18.1 Å². The summed E-state index contributed by atoms with van der Waals surface area (Å²) in [5, 5.41) is 23.3. The summed E-state index contributed by atoms with van der Waals surface area (Å²) in [7, 11) is 1.06. The monoisotopic (exact) mass is 921 g/mol. The summed E-state index contributed by atoms with van der Waals surface area (Å²) in [5.74, 6) is -7.31. The Labute approximate surface area is 394 Å². The van der Waals surface area contributed by atoms with Crippen molar-refractivity contribution >= 4 is 52.9 Å². The molecule has 6 N–H and O–H groups in total. The van der Waals surface area contributed by atoms with Crippen molar-refractivity contribution in [3.63, 3.8) is 0 Å². The summed E-state index contributed by atoms with van der Waals surface area (Å²) < 4.78 is 4.76. The van der Waals surface area contributed by atoms with Crippen LogP contribution in [0.2, 0.25) is 0 Å². The Bertz CT molecular complexity index is 2540. The van der Waals surface area contributed by atoms with E-state index in [2.05, 4.69) is 26.6 Å². The number of amides is 5. The summed E-state index contributed by atoms with van der Waals surface area (Å²) in [4.78, 5) is 109. The Morgan fingerprint density at radius 3 is 1.79 bits per heavy atom. The molecule has 2 bridgehead atoms. The summed E-state index contributed by atoms with van der Waals surface area (Å²) in [6.07, 6.45) is -1.24. The van der Waals surface area contributed by atoms with E-state index in [1.807, 2.05) is 84.9 Å². The molecule has 68 heavy (non-hydrogen) atoms. The number of carbonyl (C=O) groups excluding carboxylic acids is 7. The number of aliphatic carboxylic acids is 1. The van der Waals surface area contributed by atoms with E-state index in [9.17, 15) is 43.5 Å². The van der Waals surface area contributed by atoms with Crippen LogP contribution in [-0.4, -0.2) is 83.6 Å². The van der Waals surface area contributed by atoms with E-state index in [0.717, 1.165) is 23.8 Å². The maximum Gasteiger partial charge on any atom is 0.328 e. The molecular weight excluding hydrogens is 867 g/mol. The summed E-state index contributed by atoms with van der Waals surface area (Å²) >= 11 is 0. The second kappa shape index (κ2) is 24.5. The first-order valence-electron chi connectivity index (χ1n) is 22.5. The number of carbonyl (C=O) groups is 8. The minimum absolute atomic E-state index is 0.000143. The van der Waals surface area contributed by atoms with Crippen LogP contribution >= 0.6 is 0 Å². The highest BCUT2D eigenvalue weighted by Crippen LogP contribution is 2.22. The number of ketones is 1. The van der Waals surface area contributed by atoms with Gasteiger partial charge >= 0.3 is 11.9 Å². The predicted octanol–water partition coefficient (Wildman–Crippen LogP) is 4.91. The quantitative estimate of drug-likeness (QED) is 0.0691. The van der Waals surface area contributed by atoms with Crippen molar-refractivity contribution in [1.82, 2.24) is 21.3 Å². The fourth-order valence-electron chi connectivity index (χ4n) is 7.94. The van der Waals surface area contributed by atoms with Gasteiger partial charge in [-0.25, -0.2) is 4.79 Å². The van der Waals surface area contributed by atoms with E-state index in [0.29, 0.717) is 28.8 Å². The van der Waals surface area contributed by atoms with Crippen molar-refractivity contribution in [3.8, 4) is 11.1 Å². The molecule has 15 nitrogen and oxygen atoms in total. The van der Waals surface area contributed by atoms with Crippen LogP contribution in [0.5, 0.6) is 0 Å². The van der Waals surface area contributed by atoms with Crippen LogP contribution < -0.4 is 26.6 Å². The fraction of sp³-hybridized carbons (Fsp3) is 0.283. The molecule has 352 valence electrons. The molecule has 15 heteroatoms. The highest BCUT2D eigenvalue weighted by atomic mass is 16.5. The fourth-order valence-corrected chi connectivity index (χ4v) is 7.94. The van der Waals surface area contributed by atoms with Crippen LogP contribution in [0.25, 0.3) is 11.1 Å². The lowest BCUT2D eigenvalue weighted by Gasteiger charge is -2.27. The van der Waals surface area contributed by atoms with E-state index in [-0.39, 0.29) is 38.5 Å². The molecule has 0 radical (unpaired) electrons. The molecule has 5 aromatic carbocycles. The molecular formula is C53H55N5O10. The number of hydrogen-bond acceptors (Lipinski definition) is 9. The zero-order valence-corrected chi connectivity index (χ0v) is 37.7. The van der Waals surface area contributed by atoms with Crippen LogP contribution in [-0.2, 0) is 68.8 Å². The lowest BCUT2D eigenvalue weighted by Crippen LogP contribution is -2.57. The molecule has 0 aromatic heterocycles. The molecule has 0 spiro atoms. The van der Waals surface area contributed by atoms with E-state index in [1.165, 1.54) is 0 Å². The molecule has 2 aliphatic heterocycles. The van der Waals surface area contributed by atoms with Gasteiger partial charge in [-0.2, -0.15) is 0 Å². The molecule has 0 unspecified atom stereocenters. The zero-order chi connectivity index (χ0) is 48.4. The number of nitrogens with one attached hydrogen (secondary N) is 5. The van der Waals surface area contributed by atoms with Crippen LogP contribution in [0.3, 0.4) is 0 Å². The Balaban J connectivity index is 1.37. The molecule has 7 rings (SSSR count). The SMILES string of the molecule is COC(=O)[C@@H](CC(=O)O)NC(=O)[C@H]1CC(=O)[C@@H](Cc2ccccc2)NC(=O)[C@H](Cc2ccc(-c3ccccc3)cc2)NC(=O)[C@@H](CCc2ccccc2)NC(=O)CCC(=O)Nc2ccc(cc2)C1. The number of anilines is 1. The maximum absolute atomic E-state index is 14.8. The molecule has 5 amide bonds. The van der Waals surface area contributed by atoms with Crippen LogP contribution in [0.1, 0.15) is 54.4 Å². The van der Waals surface area contributed by atoms with E-state index in [1.54, 1.807) is 54.6 Å². The third kappa shape index (κ3) is 15.1. The minimum Gasteiger partial charge on any atom is -0.481 e. The van der Waals surface area contributed by atoms with Gasteiger partial charge < -0.3 is 36.4 Å². The number of rotatable bonds is 13. The third-order valence-electron chi connectivity index (χ3n) is 11.6. The predicted molar refractivity (Wildman–Crippen MR) is 254 cm³/mol. The summed E-state index contributed by atoms with van der Waals surface area (Å²) in [6.45, 7) is 0. The molecule has 5 atom stereocenters. The number of ether oxygens (including phenoxy) is 1. The van der Waals surface area contributed by atoms with E-state index >= 15 is 0 Å². The van der Waals surface area contributed by atoms with Gasteiger partial charge in [-0.05, 0) is 71.2 Å². The number of Topliss-reactive ketones (excluding diaryl/α,β-unsaturated/α-hetero) is 1. The molecule has 2 aliphatic rings. The second-order valence-electron chi connectivity index (χ2n) is 16.7. The number of hydrogen-bond donors (Lipinski definition) is 6. The van der Waals surface area contributed by atoms with Crippen LogP contribution in [0.15, 0.2) is 140 Å².